The van der Waals surface area contributed by atoms with E-state index in [0.29, 0.717) is 42.2 Å². The second-order valence-corrected chi connectivity index (χ2v) is 11.8. The lowest BCUT2D eigenvalue weighted by Gasteiger charge is -2.36. The zero-order chi connectivity index (χ0) is 31.2. The molecule has 0 unspecified atom stereocenters. The molecule has 3 aromatic rings. The number of hydrogen-bond donors (Lipinski definition) is 3. The van der Waals surface area contributed by atoms with Gasteiger partial charge in [0.25, 0.3) is 0 Å². The Morgan fingerprint density at radius 1 is 1.05 bits per heavy atom. The summed E-state index contributed by atoms with van der Waals surface area (Å²) in [6, 6.07) is 23.9. The summed E-state index contributed by atoms with van der Waals surface area (Å²) in [5.74, 6) is -1.78. The van der Waals surface area contributed by atoms with Gasteiger partial charge in [-0.05, 0) is 89.9 Å². The fourth-order valence-corrected chi connectivity index (χ4v) is 6.74. The molecular formula is C36H38ClNO6. The van der Waals surface area contributed by atoms with Crippen molar-refractivity contribution in [2.45, 2.75) is 38.7 Å². The van der Waals surface area contributed by atoms with Crippen molar-refractivity contribution in [1.82, 2.24) is 4.90 Å². The van der Waals surface area contributed by atoms with Crippen LogP contribution in [0.1, 0.15) is 43.7 Å². The van der Waals surface area contributed by atoms with Gasteiger partial charge in [-0.1, -0.05) is 67.1 Å². The Hall–Kier alpha value is -3.91. The van der Waals surface area contributed by atoms with E-state index in [1.54, 1.807) is 12.1 Å². The fourth-order valence-electron chi connectivity index (χ4n) is 6.51. The number of hydrogen-bond acceptors (Lipinski definition) is 6. The molecule has 8 heteroatoms. The molecule has 0 spiro atoms. The normalized spacial score (nSPS) is 21.0. The van der Waals surface area contributed by atoms with Gasteiger partial charge in [0.05, 0.1) is 29.6 Å². The van der Waals surface area contributed by atoms with Gasteiger partial charge in [-0.15, -0.1) is 0 Å². The molecule has 2 amide bonds. The highest BCUT2D eigenvalue weighted by Gasteiger charge is 2.54. The lowest BCUT2D eigenvalue weighted by atomic mass is 9.68. The van der Waals surface area contributed by atoms with Crippen LogP contribution in [0.25, 0.3) is 11.6 Å². The molecule has 4 atom stereocenters. The first-order chi connectivity index (χ1) is 21.3. The number of allylic oxidation sites excluding steroid dienone is 1. The number of ether oxygens (including phenoxy) is 1. The smallest absolute Gasteiger partial charge is 0.233 e. The van der Waals surface area contributed by atoms with E-state index in [-0.39, 0.29) is 37.2 Å². The molecule has 0 saturated carbocycles. The standard InChI is InChI=1S/C36H38ClNO6/c1-2-17-38-35(42)29-19-26(22-44-28-11-7-4-8-12-28)33(30(21-39)34(29)36(38)43)32(41)16-14-24(23-9-5-3-6-10-23)18-25-13-15-27(40)20-31(25)37/h3-13,15,18,20,29-30,32,34,39-41H,2,14,16-17,19,21-22H2,1H3/b24-18-/t29-,30+,32-,34-/m1/s1. The van der Waals surface area contributed by atoms with E-state index in [1.165, 1.54) is 11.0 Å². The number of likely N-dealkylation sites (tertiary alicyclic amines) is 1. The van der Waals surface area contributed by atoms with Crippen molar-refractivity contribution < 1.29 is 29.6 Å². The summed E-state index contributed by atoms with van der Waals surface area (Å²) in [7, 11) is 0. The summed E-state index contributed by atoms with van der Waals surface area (Å²) in [5, 5.41) is 32.7. The summed E-state index contributed by atoms with van der Waals surface area (Å²) in [4.78, 5) is 28.2. The van der Waals surface area contributed by atoms with Crippen LogP contribution in [-0.2, 0) is 9.59 Å². The van der Waals surface area contributed by atoms with Crippen molar-refractivity contribution in [3.05, 3.63) is 106 Å². The van der Waals surface area contributed by atoms with E-state index in [4.69, 9.17) is 16.3 Å². The number of aliphatic hydroxyl groups excluding tert-OH is 2. The summed E-state index contributed by atoms with van der Waals surface area (Å²) in [6.45, 7) is 2.02. The first-order valence-electron chi connectivity index (χ1n) is 15.1. The van der Waals surface area contributed by atoms with Crippen LogP contribution in [0.5, 0.6) is 11.5 Å². The molecule has 2 aliphatic rings. The number of halogens is 1. The number of carbonyl (C=O) groups excluding carboxylic acids is 2. The number of amides is 2. The number of aliphatic hydroxyl groups is 2. The minimum Gasteiger partial charge on any atom is -0.508 e. The molecule has 1 heterocycles. The van der Waals surface area contributed by atoms with Gasteiger partial charge in [-0.2, -0.15) is 0 Å². The average molecular weight is 616 g/mol. The Balaban J connectivity index is 1.48. The third-order valence-electron chi connectivity index (χ3n) is 8.58. The molecule has 0 bridgehead atoms. The first kappa shape index (κ1) is 31.5. The van der Waals surface area contributed by atoms with Crippen molar-refractivity contribution in [3.63, 3.8) is 0 Å². The highest BCUT2D eigenvalue weighted by molar-refractivity contribution is 6.32. The van der Waals surface area contributed by atoms with Crippen molar-refractivity contribution >= 4 is 35.1 Å². The van der Waals surface area contributed by atoms with E-state index < -0.39 is 23.9 Å². The van der Waals surface area contributed by atoms with Crippen LogP contribution in [-0.4, -0.2) is 57.9 Å². The molecule has 44 heavy (non-hydrogen) atoms. The Morgan fingerprint density at radius 3 is 2.41 bits per heavy atom. The summed E-state index contributed by atoms with van der Waals surface area (Å²) >= 11 is 6.43. The molecule has 0 radical (unpaired) electrons. The van der Waals surface area contributed by atoms with Crippen LogP contribution in [0.15, 0.2) is 90.0 Å². The molecule has 7 nitrogen and oxygen atoms in total. The number of phenols is 1. The number of carbonyl (C=O) groups is 2. The van der Waals surface area contributed by atoms with Gasteiger partial charge in [0, 0.05) is 12.5 Å². The van der Waals surface area contributed by atoms with Gasteiger partial charge in [-0.25, -0.2) is 0 Å². The van der Waals surface area contributed by atoms with Crippen molar-refractivity contribution in [3.8, 4) is 11.5 Å². The topological polar surface area (TPSA) is 107 Å². The molecule has 5 rings (SSSR count). The number of benzene rings is 3. The quantitative estimate of drug-likeness (QED) is 0.129. The molecule has 230 valence electrons. The average Bonchev–Trinajstić information content (AvgIpc) is 3.27. The number of para-hydroxylation sites is 1. The van der Waals surface area contributed by atoms with Crippen LogP contribution in [0.4, 0.5) is 0 Å². The largest absolute Gasteiger partial charge is 0.508 e. The first-order valence-corrected chi connectivity index (χ1v) is 15.5. The fraction of sp³-hybridized carbons (Fsp3) is 0.333. The summed E-state index contributed by atoms with van der Waals surface area (Å²) < 4.78 is 6.09. The molecule has 1 fully saturated rings. The van der Waals surface area contributed by atoms with Crippen molar-refractivity contribution in [2.24, 2.45) is 17.8 Å². The van der Waals surface area contributed by atoms with E-state index in [0.717, 1.165) is 22.3 Å². The molecule has 0 aromatic heterocycles. The maximum absolute atomic E-state index is 13.5. The Morgan fingerprint density at radius 2 is 1.75 bits per heavy atom. The Kier molecular flexibility index (Phi) is 10.2. The number of phenolic OH excluding ortho intramolecular Hbond substituents is 1. The zero-order valence-corrected chi connectivity index (χ0v) is 25.5. The zero-order valence-electron chi connectivity index (χ0n) is 24.7. The maximum Gasteiger partial charge on any atom is 0.233 e. The number of rotatable bonds is 12. The third-order valence-corrected chi connectivity index (χ3v) is 8.91. The van der Waals surface area contributed by atoms with E-state index in [9.17, 15) is 24.9 Å². The van der Waals surface area contributed by atoms with Crippen molar-refractivity contribution in [1.29, 1.82) is 0 Å². The lowest BCUT2D eigenvalue weighted by Crippen LogP contribution is -2.40. The van der Waals surface area contributed by atoms with Gasteiger partial charge in [0.2, 0.25) is 11.8 Å². The van der Waals surface area contributed by atoms with Crippen LogP contribution in [0.2, 0.25) is 5.02 Å². The molecule has 3 N–H and O–H groups in total. The summed E-state index contributed by atoms with van der Waals surface area (Å²) in [6.07, 6.45) is 2.64. The highest BCUT2D eigenvalue weighted by atomic mass is 35.5. The maximum atomic E-state index is 13.5. The second kappa shape index (κ2) is 14.2. The van der Waals surface area contributed by atoms with Crippen LogP contribution in [0.3, 0.4) is 0 Å². The van der Waals surface area contributed by atoms with Gasteiger partial charge in [0.1, 0.15) is 18.1 Å². The summed E-state index contributed by atoms with van der Waals surface area (Å²) in [5.41, 5.74) is 3.94. The SMILES string of the molecule is CCCN1C(=O)[C@@H]2[C@@H](CC(COc3ccccc3)=C([C@H](O)CC/C(=C/c3ccc(O)cc3Cl)c3ccccc3)[C@@H]2CO)C1=O. The molecule has 1 saturated heterocycles. The van der Waals surface area contributed by atoms with Gasteiger partial charge < -0.3 is 20.1 Å². The Bertz CT molecular complexity index is 1540. The van der Waals surface area contributed by atoms with Gasteiger partial charge >= 0.3 is 0 Å². The van der Waals surface area contributed by atoms with Crippen LogP contribution in [0, 0.1) is 17.8 Å². The monoisotopic (exact) mass is 615 g/mol. The van der Waals surface area contributed by atoms with Gasteiger partial charge in [-0.3, -0.25) is 14.5 Å². The van der Waals surface area contributed by atoms with E-state index in [2.05, 4.69) is 0 Å². The predicted molar refractivity (Wildman–Crippen MR) is 171 cm³/mol. The van der Waals surface area contributed by atoms with E-state index >= 15 is 0 Å². The molecule has 3 aromatic carbocycles. The predicted octanol–water partition coefficient (Wildman–Crippen LogP) is 6.13. The third kappa shape index (κ3) is 6.75. The lowest BCUT2D eigenvalue weighted by molar-refractivity contribution is -0.140. The molecule has 1 aliphatic heterocycles. The number of fused-ring (bicyclic) bond motifs is 1. The van der Waals surface area contributed by atoms with Crippen LogP contribution >= 0.6 is 11.6 Å². The second-order valence-electron chi connectivity index (χ2n) is 11.4. The molecule has 1 aliphatic carbocycles. The Labute approximate surface area is 263 Å². The molecular weight excluding hydrogens is 578 g/mol. The number of imide groups is 1. The number of aromatic hydroxyl groups is 1. The van der Waals surface area contributed by atoms with Gasteiger partial charge in [0.15, 0.2) is 0 Å². The number of nitrogens with zero attached hydrogens (tertiary/aromatic N) is 1. The highest BCUT2D eigenvalue weighted by Crippen LogP contribution is 2.46. The minimum absolute atomic E-state index is 0.0733. The minimum atomic E-state index is -0.993. The van der Waals surface area contributed by atoms with Crippen LogP contribution < -0.4 is 4.74 Å². The van der Waals surface area contributed by atoms with E-state index in [1.807, 2.05) is 73.7 Å². The van der Waals surface area contributed by atoms with Crippen molar-refractivity contribution in [2.75, 3.05) is 19.8 Å².